The Bertz CT molecular complexity index is 662. The summed E-state index contributed by atoms with van der Waals surface area (Å²) < 4.78 is 10.8. The molecule has 19 heavy (non-hydrogen) atoms. The van der Waals surface area contributed by atoms with Crippen molar-refractivity contribution >= 4 is 17.7 Å². The molecular formula is C13H11NO4S. The summed E-state index contributed by atoms with van der Waals surface area (Å²) in [5, 5.41) is 12.3. The number of ether oxygens (including phenoxy) is 1. The van der Waals surface area contributed by atoms with Crippen molar-refractivity contribution in [2.45, 2.75) is 23.7 Å². The number of hydrogen-bond acceptors (Lipinski definition) is 5. The molecular weight excluding hydrogens is 266 g/mol. The Morgan fingerprint density at radius 1 is 1.37 bits per heavy atom. The van der Waals surface area contributed by atoms with Crippen molar-refractivity contribution in [3.05, 3.63) is 30.0 Å². The molecule has 1 N–H and O–H groups in total. The highest BCUT2D eigenvalue weighted by Crippen LogP contribution is 2.48. The van der Waals surface area contributed by atoms with Crippen LogP contribution in [0, 0.1) is 0 Å². The lowest BCUT2D eigenvalue weighted by Crippen LogP contribution is -2.17. The van der Waals surface area contributed by atoms with Crippen molar-refractivity contribution in [2.75, 3.05) is 0 Å². The molecule has 0 radical (unpaired) electrons. The Hall–Kier alpha value is -1.95. The zero-order valence-corrected chi connectivity index (χ0v) is 11.2. The molecule has 0 amide bonds. The minimum Gasteiger partial charge on any atom is -0.476 e. The highest BCUT2D eigenvalue weighted by atomic mass is 32.2. The zero-order valence-electron chi connectivity index (χ0n) is 10.3. The molecule has 0 aliphatic carbocycles. The van der Waals surface area contributed by atoms with Crippen molar-refractivity contribution < 1.29 is 19.2 Å². The van der Waals surface area contributed by atoms with Crippen molar-refractivity contribution in [1.29, 1.82) is 0 Å². The first kappa shape index (κ1) is 12.1. The van der Waals surface area contributed by atoms with Gasteiger partial charge in [-0.2, -0.15) is 0 Å². The molecule has 0 bridgehead atoms. The second-order valence-corrected chi connectivity index (χ2v) is 6.27. The molecule has 0 fully saturated rings. The van der Waals surface area contributed by atoms with Crippen LogP contribution in [0.1, 0.15) is 24.3 Å². The number of carboxylic acid groups (broad SMARTS) is 1. The van der Waals surface area contributed by atoms with E-state index in [-0.39, 0.29) is 10.6 Å². The third-order valence-corrected chi connectivity index (χ3v) is 3.80. The van der Waals surface area contributed by atoms with Crippen molar-refractivity contribution in [1.82, 2.24) is 5.16 Å². The largest absolute Gasteiger partial charge is 0.476 e. The summed E-state index contributed by atoms with van der Waals surface area (Å²) in [4.78, 5) is 11.5. The second kappa shape index (κ2) is 4.03. The van der Waals surface area contributed by atoms with Crippen molar-refractivity contribution in [2.24, 2.45) is 0 Å². The van der Waals surface area contributed by atoms with Crippen LogP contribution >= 0.6 is 11.8 Å². The number of hydrogen-bond donors (Lipinski definition) is 1. The molecule has 0 saturated carbocycles. The number of aromatic nitrogens is 1. The molecule has 0 saturated heterocycles. The predicted molar refractivity (Wildman–Crippen MR) is 69.5 cm³/mol. The van der Waals surface area contributed by atoms with Gasteiger partial charge in [0.1, 0.15) is 5.75 Å². The average molecular weight is 277 g/mol. The van der Waals surface area contributed by atoms with E-state index >= 15 is 0 Å². The zero-order chi connectivity index (χ0) is 13.6. The van der Waals surface area contributed by atoms with Crippen LogP contribution in [0.15, 0.2) is 33.7 Å². The highest BCUT2D eigenvalue weighted by Gasteiger charge is 2.31. The Kier molecular flexibility index (Phi) is 2.56. The van der Waals surface area contributed by atoms with E-state index in [4.69, 9.17) is 14.4 Å². The van der Waals surface area contributed by atoms with Gasteiger partial charge in [-0.3, -0.25) is 0 Å². The number of aromatic carboxylic acids is 1. The summed E-state index contributed by atoms with van der Waals surface area (Å²) in [6, 6.07) is 7.04. The molecule has 0 spiro atoms. The number of benzene rings is 1. The predicted octanol–water partition coefficient (Wildman–Crippen LogP) is 3.26. The molecule has 98 valence electrons. The van der Waals surface area contributed by atoms with Gasteiger partial charge in [-0.15, -0.1) is 0 Å². The van der Waals surface area contributed by atoms with Gasteiger partial charge in [0.2, 0.25) is 0 Å². The molecule has 1 aliphatic rings. The van der Waals surface area contributed by atoms with E-state index in [9.17, 15) is 4.79 Å². The van der Waals surface area contributed by atoms with Gasteiger partial charge in [0.25, 0.3) is 0 Å². The van der Waals surface area contributed by atoms with Crippen LogP contribution in [0.3, 0.4) is 0 Å². The van der Waals surface area contributed by atoms with Crippen molar-refractivity contribution in [3.63, 3.8) is 0 Å². The number of nitrogens with zero attached hydrogens (tertiary/aromatic N) is 1. The van der Waals surface area contributed by atoms with E-state index < -0.39 is 5.97 Å². The minimum absolute atomic E-state index is 0.105. The SMILES string of the molecule is CC1(C)Oc2cc(-c3cc(C(=O)O)no3)ccc2S1. The van der Waals surface area contributed by atoms with Crippen LogP contribution in [0.2, 0.25) is 0 Å². The molecule has 1 aromatic carbocycles. The summed E-state index contributed by atoms with van der Waals surface area (Å²) >= 11 is 1.64. The van der Waals surface area contributed by atoms with E-state index in [1.54, 1.807) is 11.8 Å². The molecule has 2 heterocycles. The van der Waals surface area contributed by atoms with E-state index in [0.717, 1.165) is 16.2 Å². The standard InChI is InChI=1S/C13H11NO4S/c1-13(2)17-10-5-7(3-4-11(10)19-13)9-6-8(12(15)16)14-18-9/h3-6H,1-2H3,(H,15,16). The molecule has 0 unspecified atom stereocenters. The maximum Gasteiger partial charge on any atom is 0.358 e. The van der Waals surface area contributed by atoms with Crippen LogP contribution in [0.25, 0.3) is 11.3 Å². The lowest BCUT2D eigenvalue weighted by atomic mass is 10.1. The van der Waals surface area contributed by atoms with E-state index in [1.165, 1.54) is 6.07 Å². The second-order valence-electron chi connectivity index (χ2n) is 4.65. The Morgan fingerprint density at radius 2 is 2.16 bits per heavy atom. The van der Waals surface area contributed by atoms with Gasteiger partial charge < -0.3 is 14.4 Å². The molecule has 1 aliphatic heterocycles. The molecule has 6 heteroatoms. The smallest absolute Gasteiger partial charge is 0.358 e. The maximum absolute atomic E-state index is 10.8. The van der Waals surface area contributed by atoms with Crippen molar-refractivity contribution in [3.8, 4) is 17.1 Å². The third kappa shape index (κ3) is 2.19. The van der Waals surface area contributed by atoms with E-state index in [2.05, 4.69) is 5.16 Å². The fourth-order valence-electron chi connectivity index (χ4n) is 1.89. The average Bonchev–Trinajstić information content (AvgIpc) is 2.89. The summed E-state index contributed by atoms with van der Waals surface area (Å²) in [5.41, 5.74) is 0.642. The molecule has 1 aromatic heterocycles. The lowest BCUT2D eigenvalue weighted by molar-refractivity contribution is 0.0686. The first-order chi connectivity index (χ1) is 8.94. The van der Waals surface area contributed by atoms with Gasteiger partial charge in [-0.05, 0) is 32.0 Å². The summed E-state index contributed by atoms with van der Waals surface area (Å²) in [6.45, 7) is 3.99. The third-order valence-electron chi connectivity index (χ3n) is 2.67. The fourth-order valence-corrected chi connectivity index (χ4v) is 2.89. The Morgan fingerprint density at radius 3 is 2.84 bits per heavy atom. The quantitative estimate of drug-likeness (QED) is 0.908. The van der Waals surface area contributed by atoms with Crippen LogP contribution in [-0.4, -0.2) is 21.2 Å². The number of carbonyl (C=O) groups is 1. The van der Waals surface area contributed by atoms with Gasteiger partial charge in [-0.25, -0.2) is 4.79 Å². The number of carboxylic acids is 1. The number of thioether (sulfide) groups is 1. The topological polar surface area (TPSA) is 72.6 Å². The normalized spacial score (nSPS) is 15.9. The van der Waals surface area contributed by atoms with Crippen LogP contribution in [0.4, 0.5) is 0 Å². The summed E-state index contributed by atoms with van der Waals surface area (Å²) in [7, 11) is 0. The maximum atomic E-state index is 10.8. The molecule has 5 nitrogen and oxygen atoms in total. The van der Waals surface area contributed by atoms with E-state index in [0.29, 0.717) is 5.76 Å². The van der Waals surface area contributed by atoms with Crippen LogP contribution < -0.4 is 4.74 Å². The first-order valence-electron chi connectivity index (χ1n) is 5.67. The monoisotopic (exact) mass is 277 g/mol. The van der Waals surface area contributed by atoms with Gasteiger partial charge in [-0.1, -0.05) is 16.9 Å². The minimum atomic E-state index is -1.11. The lowest BCUT2D eigenvalue weighted by Gasteiger charge is -2.15. The fraction of sp³-hybridized carbons (Fsp3) is 0.231. The number of rotatable bonds is 2. The molecule has 0 atom stereocenters. The molecule has 3 rings (SSSR count). The van der Waals surface area contributed by atoms with Gasteiger partial charge in [0.05, 0.1) is 4.90 Å². The van der Waals surface area contributed by atoms with Crippen LogP contribution in [0.5, 0.6) is 5.75 Å². The highest BCUT2D eigenvalue weighted by molar-refractivity contribution is 8.00. The van der Waals surface area contributed by atoms with E-state index in [1.807, 2.05) is 32.0 Å². The molecule has 2 aromatic rings. The number of fused-ring (bicyclic) bond motifs is 1. The van der Waals surface area contributed by atoms with Gasteiger partial charge >= 0.3 is 5.97 Å². The van der Waals surface area contributed by atoms with Crippen LogP contribution in [-0.2, 0) is 0 Å². The summed E-state index contributed by atoms with van der Waals surface area (Å²) in [6.07, 6.45) is 0. The Balaban J connectivity index is 1.97. The van der Waals surface area contributed by atoms with Gasteiger partial charge in [0.15, 0.2) is 16.4 Å². The summed E-state index contributed by atoms with van der Waals surface area (Å²) in [5.74, 6) is 0.0865. The first-order valence-corrected chi connectivity index (χ1v) is 6.49. The Labute approximate surface area is 113 Å². The van der Waals surface area contributed by atoms with Gasteiger partial charge in [0, 0.05) is 11.6 Å².